The number of rotatable bonds is 7. The molecule has 0 saturated carbocycles. The molecule has 2 N–H and O–H groups in total. The van der Waals surface area contributed by atoms with E-state index in [9.17, 15) is 4.79 Å². The molecule has 0 unspecified atom stereocenters. The molecule has 1 heterocycles. The molecule has 1 aromatic heterocycles. The van der Waals surface area contributed by atoms with Crippen LogP contribution in [0.3, 0.4) is 0 Å². The van der Waals surface area contributed by atoms with Crippen molar-refractivity contribution in [1.29, 1.82) is 0 Å². The molecule has 1 aromatic rings. The van der Waals surface area contributed by atoms with Gasteiger partial charge in [-0.05, 0) is 19.8 Å². The van der Waals surface area contributed by atoms with E-state index in [0.29, 0.717) is 6.54 Å². The van der Waals surface area contributed by atoms with Crippen molar-refractivity contribution in [3.63, 3.8) is 0 Å². The van der Waals surface area contributed by atoms with E-state index < -0.39 is 5.97 Å². The largest absolute Gasteiger partial charge is 0.477 e. The highest BCUT2D eigenvalue weighted by molar-refractivity contribution is 5.85. The van der Waals surface area contributed by atoms with Crippen molar-refractivity contribution in [2.45, 2.75) is 39.2 Å². The van der Waals surface area contributed by atoms with Crippen LogP contribution in [0.1, 0.15) is 42.0 Å². The summed E-state index contributed by atoms with van der Waals surface area (Å²) in [6, 6.07) is 0. The predicted molar refractivity (Wildman–Crippen MR) is 59.5 cm³/mol. The Kier molecular flexibility index (Phi) is 4.98. The summed E-state index contributed by atoms with van der Waals surface area (Å²) in [5.41, 5.74) is 0.250. The van der Waals surface area contributed by atoms with Gasteiger partial charge in [-0.3, -0.25) is 0 Å². The highest BCUT2D eigenvalue weighted by Crippen LogP contribution is 2.08. The van der Waals surface area contributed by atoms with Gasteiger partial charge >= 0.3 is 5.97 Å². The minimum Gasteiger partial charge on any atom is -0.477 e. The molecule has 5 nitrogen and oxygen atoms in total. The zero-order valence-corrected chi connectivity index (χ0v) is 9.52. The number of hydrogen-bond acceptors (Lipinski definition) is 3. The van der Waals surface area contributed by atoms with Crippen LogP contribution in [0.15, 0.2) is 6.20 Å². The van der Waals surface area contributed by atoms with E-state index in [-0.39, 0.29) is 12.3 Å². The summed E-state index contributed by atoms with van der Waals surface area (Å²) in [7, 11) is 0. The maximum atomic E-state index is 10.9. The van der Waals surface area contributed by atoms with E-state index in [4.69, 9.17) is 10.2 Å². The first-order chi connectivity index (χ1) is 7.66. The Morgan fingerprint density at radius 3 is 2.69 bits per heavy atom. The summed E-state index contributed by atoms with van der Waals surface area (Å²) in [6.07, 6.45) is 5.10. The van der Waals surface area contributed by atoms with E-state index >= 15 is 0 Å². The Morgan fingerprint density at radius 2 is 2.06 bits per heavy atom. The number of carboxylic acid groups (broad SMARTS) is 1. The summed E-state index contributed by atoms with van der Waals surface area (Å²) in [5.74, 6) is -0.199. The molecule has 16 heavy (non-hydrogen) atoms. The van der Waals surface area contributed by atoms with Gasteiger partial charge in [0.2, 0.25) is 0 Å². The lowest BCUT2D eigenvalue weighted by Gasteiger charge is -2.07. The molecular weight excluding hydrogens is 208 g/mol. The van der Waals surface area contributed by atoms with Gasteiger partial charge in [-0.2, -0.15) is 0 Å². The number of hydrogen-bond donors (Lipinski definition) is 2. The van der Waals surface area contributed by atoms with Crippen LogP contribution in [0.4, 0.5) is 0 Å². The average molecular weight is 226 g/mol. The van der Waals surface area contributed by atoms with Crippen molar-refractivity contribution in [1.82, 2.24) is 9.55 Å². The third kappa shape index (κ3) is 3.34. The van der Waals surface area contributed by atoms with Crippen molar-refractivity contribution in [3.05, 3.63) is 17.7 Å². The molecule has 0 atom stereocenters. The fraction of sp³-hybridized carbons (Fsp3) is 0.636. The maximum Gasteiger partial charge on any atom is 0.354 e. The van der Waals surface area contributed by atoms with Crippen LogP contribution in [0.5, 0.6) is 0 Å². The zero-order valence-electron chi connectivity index (χ0n) is 9.52. The summed E-state index contributed by atoms with van der Waals surface area (Å²) in [6.45, 7) is 2.71. The van der Waals surface area contributed by atoms with Crippen LogP contribution in [0.25, 0.3) is 0 Å². The number of unbranched alkanes of at least 4 members (excludes halogenated alkanes) is 3. The molecule has 0 aromatic carbocycles. The van der Waals surface area contributed by atoms with E-state index in [1.807, 2.05) is 0 Å². The molecule has 0 saturated heterocycles. The monoisotopic (exact) mass is 226 g/mol. The van der Waals surface area contributed by atoms with Crippen molar-refractivity contribution in [2.24, 2.45) is 0 Å². The van der Waals surface area contributed by atoms with Crippen LogP contribution in [0, 0.1) is 6.92 Å². The fourth-order valence-electron chi connectivity index (χ4n) is 1.66. The maximum absolute atomic E-state index is 10.9. The minimum atomic E-state index is -0.934. The van der Waals surface area contributed by atoms with E-state index in [2.05, 4.69) is 4.98 Å². The van der Waals surface area contributed by atoms with Crippen LogP contribution in [0.2, 0.25) is 0 Å². The molecule has 0 aliphatic carbocycles. The van der Waals surface area contributed by atoms with Gasteiger partial charge in [0.05, 0.1) is 6.20 Å². The number of aliphatic hydroxyl groups excluding tert-OH is 1. The Bertz CT molecular complexity index is 347. The summed E-state index contributed by atoms with van der Waals surface area (Å²) in [5, 5.41) is 17.5. The summed E-state index contributed by atoms with van der Waals surface area (Å²) in [4.78, 5) is 14.9. The second-order valence-electron chi connectivity index (χ2n) is 3.79. The quantitative estimate of drug-likeness (QED) is 0.690. The normalized spacial score (nSPS) is 10.6. The molecule has 0 spiro atoms. The van der Waals surface area contributed by atoms with Crippen LogP contribution in [-0.2, 0) is 6.54 Å². The highest BCUT2D eigenvalue weighted by atomic mass is 16.4. The second kappa shape index (κ2) is 6.27. The van der Waals surface area contributed by atoms with Gasteiger partial charge < -0.3 is 14.8 Å². The zero-order chi connectivity index (χ0) is 12.0. The molecule has 90 valence electrons. The Morgan fingerprint density at radius 1 is 1.38 bits per heavy atom. The van der Waals surface area contributed by atoms with Crippen molar-refractivity contribution in [3.8, 4) is 0 Å². The van der Waals surface area contributed by atoms with Gasteiger partial charge in [-0.15, -0.1) is 0 Å². The molecule has 0 bridgehead atoms. The molecule has 0 aliphatic heterocycles. The van der Waals surface area contributed by atoms with E-state index in [1.165, 1.54) is 6.20 Å². The van der Waals surface area contributed by atoms with E-state index in [1.54, 1.807) is 11.5 Å². The first-order valence-electron chi connectivity index (χ1n) is 5.53. The average Bonchev–Trinajstić information content (AvgIpc) is 2.60. The van der Waals surface area contributed by atoms with Crippen molar-refractivity contribution >= 4 is 5.97 Å². The summed E-state index contributed by atoms with van der Waals surface area (Å²) >= 11 is 0. The lowest BCUT2D eigenvalue weighted by Crippen LogP contribution is -2.10. The molecule has 0 radical (unpaired) electrons. The fourth-order valence-corrected chi connectivity index (χ4v) is 1.66. The second-order valence-corrected chi connectivity index (χ2v) is 3.79. The number of aromatic carboxylic acids is 1. The number of aryl methyl sites for hydroxylation is 1. The number of aliphatic hydroxyl groups is 1. The van der Waals surface area contributed by atoms with Crippen LogP contribution in [-0.4, -0.2) is 32.3 Å². The minimum absolute atomic E-state index is 0.227. The van der Waals surface area contributed by atoms with Gasteiger partial charge in [0.1, 0.15) is 11.5 Å². The Hall–Kier alpha value is -1.36. The molecular formula is C11H18N2O3. The third-order valence-electron chi connectivity index (χ3n) is 2.56. The number of nitrogens with zero attached hydrogens (tertiary/aromatic N) is 2. The smallest absolute Gasteiger partial charge is 0.354 e. The van der Waals surface area contributed by atoms with Crippen molar-refractivity contribution < 1.29 is 15.0 Å². The molecule has 5 heteroatoms. The highest BCUT2D eigenvalue weighted by Gasteiger charge is 2.12. The molecule has 0 fully saturated rings. The Balaban J connectivity index is 2.46. The van der Waals surface area contributed by atoms with E-state index in [0.717, 1.165) is 31.5 Å². The van der Waals surface area contributed by atoms with Gasteiger partial charge in [-0.25, -0.2) is 9.78 Å². The number of carbonyl (C=O) groups is 1. The van der Waals surface area contributed by atoms with Gasteiger partial charge in [0.15, 0.2) is 0 Å². The van der Waals surface area contributed by atoms with Crippen LogP contribution < -0.4 is 0 Å². The Labute approximate surface area is 94.7 Å². The molecule has 1 rings (SSSR count). The lowest BCUT2D eigenvalue weighted by molar-refractivity contribution is 0.0684. The standard InChI is InChI=1S/C11H18N2O3/c1-9-12-8-10(11(15)16)13(9)6-4-2-3-5-7-14/h8,14H,2-7H2,1H3,(H,15,16). The summed E-state index contributed by atoms with van der Waals surface area (Å²) < 4.78 is 1.72. The lowest BCUT2D eigenvalue weighted by atomic mass is 10.2. The van der Waals surface area contributed by atoms with Gasteiger partial charge in [0, 0.05) is 13.2 Å². The van der Waals surface area contributed by atoms with Crippen LogP contribution >= 0.6 is 0 Å². The number of carboxylic acids is 1. The molecule has 0 aliphatic rings. The SMILES string of the molecule is Cc1ncc(C(=O)O)n1CCCCCCO. The number of imidazole rings is 1. The first kappa shape index (κ1) is 12.7. The predicted octanol–water partition coefficient (Wildman–Crippen LogP) is 1.44. The van der Waals surface area contributed by atoms with Gasteiger partial charge in [-0.1, -0.05) is 12.8 Å². The topological polar surface area (TPSA) is 75.3 Å². The third-order valence-corrected chi connectivity index (χ3v) is 2.56. The number of aromatic nitrogens is 2. The van der Waals surface area contributed by atoms with Gasteiger partial charge in [0.25, 0.3) is 0 Å². The first-order valence-corrected chi connectivity index (χ1v) is 5.53. The molecule has 0 amide bonds. The van der Waals surface area contributed by atoms with Crippen molar-refractivity contribution in [2.75, 3.05) is 6.61 Å².